The zero-order valence-corrected chi connectivity index (χ0v) is 11.4. The van der Waals surface area contributed by atoms with E-state index in [4.69, 9.17) is 10.2 Å². The number of benzene rings is 2. The van der Waals surface area contributed by atoms with E-state index in [0.29, 0.717) is 23.3 Å². The number of hydrogen-bond acceptors (Lipinski definition) is 4. The minimum atomic E-state index is -0.519. The van der Waals surface area contributed by atoms with Crippen LogP contribution in [0.2, 0.25) is 0 Å². The predicted octanol–water partition coefficient (Wildman–Crippen LogP) is 2.48. The number of nitrogens with one attached hydrogen (secondary N) is 1. The van der Waals surface area contributed by atoms with E-state index >= 15 is 0 Å². The normalized spacial score (nSPS) is 11.0. The van der Waals surface area contributed by atoms with E-state index in [0.717, 1.165) is 11.3 Å². The van der Waals surface area contributed by atoms with Gasteiger partial charge in [0.2, 0.25) is 0 Å². The van der Waals surface area contributed by atoms with Gasteiger partial charge in [-0.25, -0.2) is 9.18 Å². The Hall–Kier alpha value is -2.76. The van der Waals surface area contributed by atoms with E-state index in [1.54, 1.807) is 18.2 Å². The van der Waals surface area contributed by atoms with Crippen LogP contribution in [0.25, 0.3) is 11.1 Å². The minimum Gasteiger partial charge on any atom is -0.408 e. The van der Waals surface area contributed by atoms with Crippen LogP contribution in [0.1, 0.15) is 5.56 Å². The van der Waals surface area contributed by atoms with Crippen LogP contribution in [0.3, 0.4) is 0 Å². The van der Waals surface area contributed by atoms with Crippen molar-refractivity contribution < 1.29 is 8.81 Å². The summed E-state index contributed by atoms with van der Waals surface area (Å²) in [4.78, 5) is 15.7. The van der Waals surface area contributed by atoms with Gasteiger partial charge >= 0.3 is 5.76 Å². The van der Waals surface area contributed by atoms with E-state index in [1.807, 2.05) is 18.0 Å². The molecule has 21 heavy (non-hydrogen) atoms. The Morgan fingerprint density at radius 2 is 2.14 bits per heavy atom. The fourth-order valence-corrected chi connectivity index (χ4v) is 2.33. The van der Waals surface area contributed by atoms with Gasteiger partial charge in [0.25, 0.3) is 0 Å². The lowest BCUT2D eigenvalue weighted by molar-refractivity contribution is 0.555. The summed E-state index contributed by atoms with van der Waals surface area (Å²) in [5.41, 5.74) is 9.05. The summed E-state index contributed by atoms with van der Waals surface area (Å²) in [5.74, 6) is -0.794. The van der Waals surface area contributed by atoms with Crippen molar-refractivity contribution in [3.8, 4) is 0 Å². The number of anilines is 2. The van der Waals surface area contributed by atoms with Gasteiger partial charge in [0, 0.05) is 19.7 Å². The van der Waals surface area contributed by atoms with Crippen LogP contribution in [-0.2, 0) is 6.54 Å². The van der Waals surface area contributed by atoms with Crippen molar-refractivity contribution in [2.24, 2.45) is 0 Å². The molecule has 0 spiro atoms. The molecule has 0 bridgehead atoms. The number of nitrogen functional groups attached to an aromatic ring is 1. The van der Waals surface area contributed by atoms with Crippen LogP contribution >= 0.6 is 0 Å². The second-order valence-electron chi connectivity index (χ2n) is 4.91. The molecule has 0 unspecified atom stereocenters. The summed E-state index contributed by atoms with van der Waals surface area (Å²) in [6.07, 6.45) is 0. The van der Waals surface area contributed by atoms with Gasteiger partial charge in [-0.3, -0.25) is 4.98 Å². The third-order valence-electron chi connectivity index (χ3n) is 3.29. The highest BCUT2D eigenvalue weighted by Gasteiger charge is 2.11. The Bertz CT molecular complexity index is 853. The van der Waals surface area contributed by atoms with Crippen molar-refractivity contribution >= 4 is 22.5 Å². The number of hydrogen-bond donors (Lipinski definition) is 2. The fourth-order valence-electron chi connectivity index (χ4n) is 2.33. The van der Waals surface area contributed by atoms with Gasteiger partial charge in [-0.05, 0) is 23.8 Å². The summed E-state index contributed by atoms with van der Waals surface area (Å²) in [5, 5.41) is 0. The molecule has 3 rings (SSSR count). The third kappa shape index (κ3) is 2.60. The molecule has 0 atom stereocenters. The predicted molar refractivity (Wildman–Crippen MR) is 79.8 cm³/mol. The van der Waals surface area contributed by atoms with Crippen molar-refractivity contribution in [1.29, 1.82) is 0 Å². The molecule has 0 aliphatic heterocycles. The van der Waals surface area contributed by atoms with Gasteiger partial charge in [0.1, 0.15) is 5.82 Å². The van der Waals surface area contributed by atoms with E-state index in [2.05, 4.69) is 4.98 Å². The first kappa shape index (κ1) is 13.2. The van der Waals surface area contributed by atoms with Crippen molar-refractivity contribution in [2.75, 3.05) is 17.7 Å². The van der Waals surface area contributed by atoms with Crippen molar-refractivity contribution in [3.63, 3.8) is 0 Å². The summed E-state index contributed by atoms with van der Waals surface area (Å²) in [7, 11) is 1.85. The zero-order chi connectivity index (χ0) is 15.0. The van der Waals surface area contributed by atoms with Crippen LogP contribution in [0.4, 0.5) is 15.8 Å². The first-order valence-corrected chi connectivity index (χ1v) is 6.41. The lowest BCUT2D eigenvalue weighted by atomic mass is 10.2. The average Bonchev–Trinajstić information content (AvgIpc) is 2.76. The molecule has 0 saturated carbocycles. The number of fused-ring (bicyclic) bond motifs is 1. The Balaban J connectivity index is 1.95. The Morgan fingerprint density at radius 1 is 1.33 bits per heavy atom. The summed E-state index contributed by atoms with van der Waals surface area (Å²) in [6.45, 7) is 0.496. The molecule has 6 heteroatoms. The maximum Gasteiger partial charge on any atom is 0.417 e. The second-order valence-corrected chi connectivity index (χ2v) is 4.91. The molecule has 0 saturated heterocycles. The van der Waals surface area contributed by atoms with Gasteiger partial charge in [0.15, 0.2) is 5.58 Å². The monoisotopic (exact) mass is 287 g/mol. The molecule has 3 aromatic rings. The van der Waals surface area contributed by atoms with Gasteiger partial charge < -0.3 is 15.1 Å². The average molecular weight is 287 g/mol. The van der Waals surface area contributed by atoms with Crippen LogP contribution < -0.4 is 16.4 Å². The summed E-state index contributed by atoms with van der Waals surface area (Å²) in [6, 6.07) is 9.73. The Labute approximate surface area is 119 Å². The first-order chi connectivity index (χ1) is 10.0. The molecule has 0 fully saturated rings. The zero-order valence-electron chi connectivity index (χ0n) is 11.4. The smallest absolute Gasteiger partial charge is 0.408 e. The molecule has 2 aromatic carbocycles. The van der Waals surface area contributed by atoms with Crippen LogP contribution in [-0.4, -0.2) is 12.0 Å². The molecule has 3 N–H and O–H groups in total. The van der Waals surface area contributed by atoms with Crippen LogP contribution in [0.15, 0.2) is 45.6 Å². The van der Waals surface area contributed by atoms with Gasteiger partial charge in [0.05, 0.1) is 16.9 Å². The van der Waals surface area contributed by atoms with Crippen molar-refractivity contribution in [2.45, 2.75) is 6.54 Å². The lowest BCUT2D eigenvalue weighted by Gasteiger charge is -2.21. The number of aromatic nitrogens is 1. The highest BCUT2D eigenvalue weighted by atomic mass is 19.1. The number of halogens is 1. The molecular formula is C15H14FN3O2. The van der Waals surface area contributed by atoms with Gasteiger partial charge in [-0.2, -0.15) is 0 Å². The molecule has 1 aromatic heterocycles. The Morgan fingerprint density at radius 3 is 2.90 bits per heavy atom. The maximum absolute atomic E-state index is 13.2. The summed E-state index contributed by atoms with van der Waals surface area (Å²) < 4.78 is 18.2. The van der Waals surface area contributed by atoms with Gasteiger partial charge in [-0.15, -0.1) is 0 Å². The third-order valence-corrected chi connectivity index (χ3v) is 3.29. The van der Waals surface area contributed by atoms with Crippen LogP contribution in [0, 0.1) is 5.82 Å². The molecule has 108 valence electrons. The number of aromatic amines is 1. The molecule has 0 aliphatic rings. The van der Waals surface area contributed by atoms with Gasteiger partial charge in [-0.1, -0.05) is 12.1 Å². The summed E-state index contributed by atoms with van der Waals surface area (Å²) >= 11 is 0. The van der Waals surface area contributed by atoms with Crippen LogP contribution in [0.5, 0.6) is 0 Å². The lowest BCUT2D eigenvalue weighted by Crippen LogP contribution is -2.17. The van der Waals surface area contributed by atoms with E-state index in [-0.39, 0.29) is 5.82 Å². The number of nitrogens with zero attached hydrogens (tertiary/aromatic N) is 1. The molecule has 0 aliphatic carbocycles. The standard InChI is InChI=1S/C15H14FN3O2/c1-19(8-9-3-2-4-10(16)5-9)13-7-12-14(6-11(13)17)21-15(20)18-12/h2-7H,8,17H2,1H3,(H,18,20). The van der Waals surface area contributed by atoms with E-state index in [1.165, 1.54) is 12.1 Å². The number of oxazole rings is 1. The van der Waals surface area contributed by atoms with E-state index in [9.17, 15) is 9.18 Å². The van der Waals surface area contributed by atoms with Crippen molar-refractivity contribution in [3.05, 3.63) is 58.3 Å². The van der Waals surface area contributed by atoms with Crippen molar-refractivity contribution in [1.82, 2.24) is 4.98 Å². The largest absolute Gasteiger partial charge is 0.417 e. The Kier molecular flexibility index (Phi) is 3.13. The highest BCUT2D eigenvalue weighted by Crippen LogP contribution is 2.28. The highest BCUT2D eigenvalue weighted by molar-refractivity contribution is 5.85. The molecular weight excluding hydrogens is 273 g/mol. The number of H-pyrrole nitrogens is 1. The molecule has 0 radical (unpaired) electrons. The SMILES string of the molecule is CN(Cc1cccc(F)c1)c1cc2[nH]c(=O)oc2cc1N. The molecule has 5 nitrogen and oxygen atoms in total. The number of rotatable bonds is 3. The quantitative estimate of drug-likeness (QED) is 0.726. The first-order valence-electron chi connectivity index (χ1n) is 6.41. The molecule has 1 heterocycles. The second kappa shape index (κ2) is 4.97. The maximum atomic E-state index is 13.2. The topological polar surface area (TPSA) is 75.3 Å². The fraction of sp³-hybridized carbons (Fsp3) is 0.133. The number of nitrogens with two attached hydrogens (primary N) is 1. The van der Waals surface area contributed by atoms with E-state index < -0.39 is 5.76 Å². The minimum absolute atomic E-state index is 0.275. The molecule has 0 amide bonds.